The second kappa shape index (κ2) is 5.85. The molecule has 4 nitrogen and oxygen atoms in total. The number of rotatable bonds is 2. The third kappa shape index (κ3) is 2.45. The second-order valence-corrected chi connectivity index (χ2v) is 6.68. The van der Waals surface area contributed by atoms with Crippen LogP contribution in [0.3, 0.4) is 0 Å². The van der Waals surface area contributed by atoms with Crippen molar-refractivity contribution in [1.82, 2.24) is 14.0 Å². The Morgan fingerprint density at radius 1 is 1.00 bits per heavy atom. The van der Waals surface area contributed by atoms with E-state index in [4.69, 9.17) is 0 Å². The van der Waals surface area contributed by atoms with Gasteiger partial charge in [-0.2, -0.15) is 13.2 Å². The number of aliphatic hydroxyl groups is 1. The third-order valence-electron chi connectivity index (χ3n) is 5.28. The SMILES string of the molecule is Cc1c(-n2c3ccccc3n3c(CO)cnc23)cc(C(F)(F)F)c(C)c1C. The first-order chi connectivity index (χ1) is 12.8. The predicted octanol–water partition coefficient (Wildman–Crippen LogP) is 4.71. The molecule has 0 amide bonds. The molecule has 0 radical (unpaired) electrons. The fourth-order valence-corrected chi connectivity index (χ4v) is 3.65. The van der Waals surface area contributed by atoms with Gasteiger partial charge in [0.25, 0.3) is 0 Å². The number of benzene rings is 2. The molecular weight excluding hydrogens is 355 g/mol. The summed E-state index contributed by atoms with van der Waals surface area (Å²) in [5.74, 6) is 0.472. The highest BCUT2D eigenvalue weighted by atomic mass is 19.4. The molecule has 0 saturated carbocycles. The highest BCUT2D eigenvalue weighted by Crippen LogP contribution is 2.38. The monoisotopic (exact) mass is 373 g/mol. The number of aliphatic hydroxyl groups excluding tert-OH is 1. The van der Waals surface area contributed by atoms with E-state index in [1.54, 1.807) is 22.1 Å². The van der Waals surface area contributed by atoms with Crippen LogP contribution in [0.15, 0.2) is 36.5 Å². The largest absolute Gasteiger partial charge is 0.416 e. The van der Waals surface area contributed by atoms with E-state index >= 15 is 0 Å². The Morgan fingerprint density at radius 3 is 2.30 bits per heavy atom. The third-order valence-corrected chi connectivity index (χ3v) is 5.28. The van der Waals surface area contributed by atoms with E-state index in [-0.39, 0.29) is 12.2 Å². The fourth-order valence-electron chi connectivity index (χ4n) is 3.65. The number of fused-ring (bicyclic) bond motifs is 3. The van der Waals surface area contributed by atoms with Gasteiger partial charge in [0.2, 0.25) is 5.78 Å². The predicted molar refractivity (Wildman–Crippen MR) is 97.2 cm³/mol. The summed E-state index contributed by atoms with van der Waals surface area (Å²) in [4.78, 5) is 4.37. The summed E-state index contributed by atoms with van der Waals surface area (Å²) in [6.45, 7) is 4.81. The summed E-state index contributed by atoms with van der Waals surface area (Å²) in [6, 6.07) is 8.57. The van der Waals surface area contributed by atoms with Crippen LogP contribution in [-0.2, 0) is 12.8 Å². The zero-order valence-corrected chi connectivity index (χ0v) is 15.1. The molecule has 0 unspecified atom stereocenters. The Balaban J connectivity index is 2.17. The van der Waals surface area contributed by atoms with Crippen molar-refractivity contribution < 1.29 is 18.3 Å². The van der Waals surface area contributed by atoms with Crippen molar-refractivity contribution in [1.29, 1.82) is 0 Å². The van der Waals surface area contributed by atoms with Gasteiger partial charge in [0.15, 0.2) is 0 Å². The lowest BCUT2D eigenvalue weighted by Gasteiger charge is -2.19. The molecule has 0 fully saturated rings. The lowest BCUT2D eigenvalue weighted by atomic mass is 9.96. The van der Waals surface area contributed by atoms with Crippen molar-refractivity contribution >= 4 is 16.8 Å². The number of imidazole rings is 2. The molecule has 27 heavy (non-hydrogen) atoms. The molecule has 0 bridgehead atoms. The van der Waals surface area contributed by atoms with Gasteiger partial charge in [0.05, 0.1) is 40.8 Å². The minimum atomic E-state index is -4.44. The standard InChI is InChI=1S/C20H18F3N3O/c1-11-12(2)15(20(21,22)23)8-18(13(11)3)26-17-7-5-4-6-16(17)25-14(10-27)9-24-19(25)26/h4-9,27H,10H2,1-3H3. The molecule has 0 aliphatic rings. The van der Waals surface area contributed by atoms with E-state index in [1.165, 1.54) is 13.0 Å². The first-order valence-corrected chi connectivity index (χ1v) is 8.50. The Kier molecular flexibility index (Phi) is 3.82. The summed E-state index contributed by atoms with van der Waals surface area (Å²) in [5.41, 5.74) is 3.47. The highest BCUT2D eigenvalue weighted by molar-refractivity contribution is 5.84. The average molecular weight is 373 g/mol. The molecule has 0 spiro atoms. The topological polar surface area (TPSA) is 42.5 Å². The van der Waals surface area contributed by atoms with E-state index in [0.717, 1.165) is 16.6 Å². The molecule has 1 N–H and O–H groups in total. The summed E-state index contributed by atoms with van der Waals surface area (Å²) in [6.07, 6.45) is -2.90. The zero-order valence-electron chi connectivity index (χ0n) is 15.1. The molecule has 0 saturated heterocycles. The molecule has 0 atom stereocenters. The number of halogens is 3. The van der Waals surface area contributed by atoms with Crippen molar-refractivity contribution in [3.8, 4) is 5.69 Å². The molecular formula is C20H18F3N3O. The molecule has 4 aromatic rings. The molecule has 4 rings (SSSR count). The second-order valence-electron chi connectivity index (χ2n) is 6.68. The number of alkyl halides is 3. The van der Waals surface area contributed by atoms with Crippen molar-refractivity contribution in [2.45, 2.75) is 33.6 Å². The van der Waals surface area contributed by atoms with Crippen molar-refractivity contribution in [3.05, 3.63) is 64.5 Å². The van der Waals surface area contributed by atoms with Crippen molar-refractivity contribution in [3.63, 3.8) is 0 Å². The molecule has 140 valence electrons. The minimum Gasteiger partial charge on any atom is -0.390 e. The number of nitrogens with zero attached hydrogens (tertiary/aromatic N) is 3. The van der Waals surface area contributed by atoms with Gasteiger partial charge in [0.1, 0.15) is 0 Å². The van der Waals surface area contributed by atoms with E-state index in [9.17, 15) is 18.3 Å². The molecule has 0 aliphatic heterocycles. The molecule has 2 heterocycles. The van der Waals surface area contributed by atoms with Crippen LogP contribution in [0, 0.1) is 20.8 Å². The van der Waals surface area contributed by atoms with Gasteiger partial charge < -0.3 is 5.11 Å². The van der Waals surface area contributed by atoms with Crippen LogP contribution >= 0.6 is 0 Å². The quantitative estimate of drug-likeness (QED) is 0.553. The summed E-state index contributed by atoms with van der Waals surface area (Å²) in [7, 11) is 0. The average Bonchev–Trinajstić information content (AvgIpc) is 3.17. The Morgan fingerprint density at radius 2 is 1.67 bits per heavy atom. The zero-order chi connectivity index (χ0) is 19.5. The normalized spacial score (nSPS) is 12.4. The van der Waals surface area contributed by atoms with Crippen LogP contribution in [0.1, 0.15) is 27.9 Å². The van der Waals surface area contributed by atoms with Gasteiger partial charge in [-0.3, -0.25) is 8.97 Å². The Hall–Kier alpha value is -2.80. The van der Waals surface area contributed by atoms with Crippen LogP contribution in [0.5, 0.6) is 0 Å². The molecule has 2 aromatic heterocycles. The van der Waals surface area contributed by atoms with Crippen molar-refractivity contribution in [2.24, 2.45) is 0 Å². The molecule has 2 aromatic carbocycles. The van der Waals surface area contributed by atoms with Crippen LogP contribution in [-0.4, -0.2) is 19.1 Å². The minimum absolute atomic E-state index is 0.213. The van der Waals surface area contributed by atoms with Gasteiger partial charge >= 0.3 is 6.18 Å². The number of hydrogen-bond donors (Lipinski definition) is 1. The lowest BCUT2D eigenvalue weighted by Crippen LogP contribution is -2.12. The van der Waals surface area contributed by atoms with E-state index < -0.39 is 11.7 Å². The Bertz CT molecular complexity index is 1190. The van der Waals surface area contributed by atoms with E-state index in [2.05, 4.69) is 4.98 Å². The number of hydrogen-bond acceptors (Lipinski definition) is 2. The van der Waals surface area contributed by atoms with Gasteiger partial charge in [-0.15, -0.1) is 0 Å². The first-order valence-electron chi connectivity index (χ1n) is 8.50. The fraction of sp³-hybridized carbons (Fsp3) is 0.250. The Labute approximate surface area is 153 Å². The van der Waals surface area contributed by atoms with Crippen LogP contribution in [0.25, 0.3) is 22.5 Å². The maximum atomic E-state index is 13.6. The number of para-hydroxylation sites is 2. The van der Waals surface area contributed by atoms with Gasteiger partial charge in [-0.1, -0.05) is 12.1 Å². The van der Waals surface area contributed by atoms with Gasteiger partial charge in [0, 0.05) is 0 Å². The maximum Gasteiger partial charge on any atom is 0.416 e. The lowest BCUT2D eigenvalue weighted by molar-refractivity contribution is -0.138. The van der Waals surface area contributed by atoms with E-state index in [0.29, 0.717) is 22.7 Å². The molecule has 7 heteroatoms. The highest BCUT2D eigenvalue weighted by Gasteiger charge is 2.34. The van der Waals surface area contributed by atoms with E-state index in [1.807, 2.05) is 31.2 Å². The van der Waals surface area contributed by atoms with Crippen LogP contribution in [0.4, 0.5) is 13.2 Å². The van der Waals surface area contributed by atoms with Gasteiger partial charge in [-0.25, -0.2) is 4.98 Å². The summed E-state index contributed by atoms with van der Waals surface area (Å²) in [5, 5.41) is 9.63. The van der Waals surface area contributed by atoms with Gasteiger partial charge in [-0.05, 0) is 55.7 Å². The van der Waals surface area contributed by atoms with Crippen molar-refractivity contribution in [2.75, 3.05) is 0 Å². The summed E-state index contributed by atoms with van der Waals surface area (Å²) >= 11 is 0. The van der Waals surface area contributed by atoms with Crippen LogP contribution in [0.2, 0.25) is 0 Å². The maximum absolute atomic E-state index is 13.6. The van der Waals surface area contributed by atoms with Crippen LogP contribution < -0.4 is 0 Å². The summed E-state index contributed by atoms with van der Waals surface area (Å²) < 4.78 is 44.3. The first kappa shape index (κ1) is 17.6. The smallest absolute Gasteiger partial charge is 0.390 e. The molecule has 0 aliphatic carbocycles. The number of aromatic nitrogens is 3.